The van der Waals surface area contributed by atoms with Crippen molar-refractivity contribution in [1.82, 2.24) is 20.2 Å². The fourth-order valence-electron chi connectivity index (χ4n) is 3.01. The Kier molecular flexibility index (Phi) is 7.03. The van der Waals surface area contributed by atoms with E-state index < -0.39 is 5.60 Å². The number of aliphatic hydroxyl groups is 1. The van der Waals surface area contributed by atoms with Gasteiger partial charge in [0.1, 0.15) is 5.60 Å². The molecule has 0 saturated heterocycles. The Hall–Kier alpha value is -3.12. The van der Waals surface area contributed by atoms with E-state index in [-0.39, 0.29) is 0 Å². The predicted molar refractivity (Wildman–Crippen MR) is 117 cm³/mol. The topological polar surface area (TPSA) is 74.5 Å². The average Bonchev–Trinajstić information content (AvgIpc) is 3.25. The summed E-state index contributed by atoms with van der Waals surface area (Å²) in [4.78, 5) is 8.72. The van der Waals surface area contributed by atoms with Crippen LogP contribution >= 0.6 is 0 Å². The molecule has 29 heavy (non-hydrogen) atoms. The van der Waals surface area contributed by atoms with Crippen LogP contribution in [0.2, 0.25) is 0 Å². The van der Waals surface area contributed by atoms with Crippen molar-refractivity contribution in [3.8, 4) is 0 Å². The summed E-state index contributed by atoms with van der Waals surface area (Å²) in [5.74, 6) is 0.686. The quantitative estimate of drug-likeness (QED) is 0.408. The number of nitrogens with zero attached hydrogens (tertiary/aromatic N) is 3. The van der Waals surface area contributed by atoms with Crippen molar-refractivity contribution < 1.29 is 5.11 Å². The van der Waals surface area contributed by atoms with E-state index in [1.165, 1.54) is 5.56 Å². The van der Waals surface area contributed by atoms with Gasteiger partial charge in [-0.2, -0.15) is 0 Å². The molecule has 3 rings (SSSR count). The van der Waals surface area contributed by atoms with Gasteiger partial charge in [0.2, 0.25) is 0 Å². The zero-order valence-electron chi connectivity index (χ0n) is 17.0. The van der Waals surface area contributed by atoms with E-state index in [0.29, 0.717) is 19.0 Å². The Morgan fingerprint density at radius 1 is 1.07 bits per heavy atom. The van der Waals surface area contributed by atoms with Crippen LogP contribution in [0.15, 0.2) is 78.3 Å². The maximum atomic E-state index is 10.8. The molecule has 3 N–H and O–H groups in total. The fourth-order valence-corrected chi connectivity index (χ4v) is 3.01. The minimum absolute atomic E-state index is 0.368. The highest BCUT2D eigenvalue weighted by Crippen LogP contribution is 2.18. The Bertz CT molecular complexity index is 887. The molecule has 1 unspecified atom stereocenters. The summed E-state index contributed by atoms with van der Waals surface area (Å²) in [5, 5.41) is 17.3. The Balaban J connectivity index is 1.58. The van der Waals surface area contributed by atoms with Gasteiger partial charge in [0.25, 0.3) is 0 Å². The van der Waals surface area contributed by atoms with E-state index >= 15 is 0 Å². The number of nitrogens with one attached hydrogen (secondary N) is 2. The Labute approximate surface area is 172 Å². The van der Waals surface area contributed by atoms with Crippen LogP contribution in [-0.4, -0.2) is 33.7 Å². The molecule has 1 aromatic heterocycles. The van der Waals surface area contributed by atoms with E-state index in [1.807, 2.05) is 54.3 Å². The highest BCUT2D eigenvalue weighted by Gasteiger charge is 2.22. The second kappa shape index (κ2) is 9.89. The maximum absolute atomic E-state index is 10.8. The first-order valence-electron chi connectivity index (χ1n) is 9.90. The lowest BCUT2D eigenvalue weighted by molar-refractivity contribution is 0.0617. The largest absolute Gasteiger partial charge is 0.384 e. The number of guanidine groups is 1. The van der Waals surface area contributed by atoms with Gasteiger partial charge in [-0.05, 0) is 30.5 Å². The molecule has 0 bridgehead atoms. The molecule has 1 heterocycles. The summed E-state index contributed by atoms with van der Waals surface area (Å²) >= 11 is 0. The third-order valence-electron chi connectivity index (χ3n) is 4.71. The number of benzene rings is 2. The molecule has 3 aromatic rings. The van der Waals surface area contributed by atoms with Gasteiger partial charge in [0.05, 0.1) is 19.4 Å². The summed E-state index contributed by atoms with van der Waals surface area (Å²) in [6, 6.07) is 18.1. The smallest absolute Gasteiger partial charge is 0.191 e. The van der Waals surface area contributed by atoms with Crippen LogP contribution in [0, 0.1) is 0 Å². The van der Waals surface area contributed by atoms with Crippen LogP contribution in [0.4, 0.5) is 0 Å². The number of hydrogen-bond donors (Lipinski definition) is 3. The number of rotatable bonds is 8. The van der Waals surface area contributed by atoms with Gasteiger partial charge >= 0.3 is 0 Å². The minimum Gasteiger partial charge on any atom is -0.384 e. The van der Waals surface area contributed by atoms with E-state index in [2.05, 4.69) is 44.9 Å². The second-order valence-corrected chi connectivity index (χ2v) is 7.24. The summed E-state index contributed by atoms with van der Waals surface area (Å²) in [6.07, 6.45) is 5.56. The third kappa shape index (κ3) is 6.19. The molecule has 0 saturated carbocycles. The molecule has 0 aliphatic carbocycles. The highest BCUT2D eigenvalue weighted by atomic mass is 16.3. The summed E-state index contributed by atoms with van der Waals surface area (Å²) < 4.78 is 2.04. The maximum Gasteiger partial charge on any atom is 0.191 e. The van der Waals surface area contributed by atoms with Crippen molar-refractivity contribution in [1.29, 1.82) is 0 Å². The van der Waals surface area contributed by atoms with Crippen LogP contribution in [0.1, 0.15) is 30.5 Å². The zero-order chi connectivity index (χ0) is 20.5. The number of aliphatic imine (C=N–C) groups is 1. The molecule has 0 aliphatic heterocycles. The van der Waals surface area contributed by atoms with E-state index in [0.717, 1.165) is 24.2 Å². The standard InChI is InChI=1S/C23H29N5O/c1-3-25-22(27-17-23(2,29)21-7-5-4-6-8-21)26-15-19-9-11-20(12-10-19)16-28-14-13-24-18-28/h4-14,18,29H,3,15-17H2,1-2H3,(H2,25,26,27). The Morgan fingerprint density at radius 3 is 2.45 bits per heavy atom. The number of hydrogen-bond acceptors (Lipinski definition) is 3. The normalized spacial score (nSPS) is 13.7. The molecule has 0 amide bonds. The lowest BCUT2D eigenvalue weighted by Gasteiger charge is -2.25. The highest BCUT2D eigenvalue weighted by molar-refractivity contribution is 5.79. The lowest BCUT2D eigenvalue weighted by atomic mass is 9.96. The van der Waals surface area contributed by atoms with Crippen LogP contribution in [0.5, 0.6) is 0 Å². The summed E-state index contributed by atoms with van der Waals surface area (Å²) in [5.41, 5.74) is 2.25. The van der Waals surface area contributed by atoms with Crippen LogP contribution in [0.25, 0.3) is 0 Å². The van der Waals surface area contributed by atoms with Gasteiger partial charge in [-0.1, -0.05) is 54.6 Å². The van der Waals surface area contributed by atoms with E-state index in [9.17, 15) is 5.11 Å². The zero-order valence-corrected chi connectivity index (χ0v) is 17.0. The SMILES string of the molecule is CCNC(=NCc1ccc(Cn2ccnc2)cc1)NCC(C)(O)c1ccccc1. The lowest BCUT2D eigenvalue weighted by Crippen LogP contribution is -2.44. The molecule has 0 fully saturated rings. The van der Waals surface area contributed by atoms with Crippen molar-refractivity contribution in [2.75, 3.05) is 13.1 Å². The molecule has 0 radical (unpaired) electrons. The molecular formula is C23H29N5O. The van der Waals surface area contributed by atoms with Crippen molar-refractivity contribution in [3.05, 3.63) is 90.0 Å². The molecule has 0 aliphatic rings. The second-order valence-electron chi connectivity index (χ2n) is 7.24. The van der Waals surface area contributed by atoms with Gasteiger partial charge in [0.15, 0.2) is 5.96 Å². The summed E-state index contributed by atoms with van der Waals surface area (Å²) in [7, 11) is 0. The van der Waals surface area contributed by atoms with Gasteiger partial charge in [0, 0.05) is 25.5 Å². The summed E-state index contributed by atoms with van der Waals surface area (Å²) in [6.45, 7) is 6.32. The van der Waals surface area contributed by atoms with Crippen molar-refractivity contribution in [2.45, 2.75) is 32.5 Å². The van der Waals surface area contributed by atoms with Gasteiger partial charge in [-0.15, -0.1) is 0 Å². The van der Waals surface area contributed by atoms with Crippen LogP contribution in [0.3, 0.4) is 0 Å². The number of aromatic nitrogens is 2. The first-order valence-corrected chi connectivity index (χ1v) is 9.90. The molecule has 6 nitrogen and oxygen atoms in total. The van der Waals surface area contributed by atoms with E-state index in [4.69, 9.17) is 0 Å². The number of imidazole rings is 1. The molecule has 6 heteroatoms. The van der Waals surface area contributed by atoms with E-state index in [1.54, 1.807) is 13.1 Å². The van der Waals surface area contributed by atoms with Crippen molar-refractivity contribution in [2.24, 2.45) is 4.99 Å². The average molecular weight is 392 g/mol. The van der Waals surface area contributed by atoms with Gasteiger partial charge < -0.3 is 20.3 Å². The molecule has 2 aromatic carbocycles. The first kappa shape index (κ1) is 20.6. The monoisotopic (exact) mass is 391 g/mol. The van der Waals surface area contributed by atoms with Gasteiger partial charge in [-0.25, -0.2) is 9.98 Å². The Morgan fingerprint density at radius 2 is 1.79 bits per heavy atom. The fraction of sp³-hybridized carbons (Fsp3) is 0.304. The molecule has 0 spiro atoms. The first-order chi connectivity index (χ1) is 14.1. The van der Waals surface area contributed by atoms with Crippen LogP contribution in [-0.2, 0) is 18.7 Å². The molecule has 152 valence electrons. The third-order valence-corrected chi connectivity index (χ3v) is 4.71. The molecule has 1 atom stereocenters. The van der Waals surface area contributed by atoms with Crippen molar-refractivity contribution >= 4 is 5.96 Å². The molecular weight excluding hydrogens is 362 g/mol. The van der Waals surface area contributed by atoms with Gasteiger partial charge in [-0.3, -0.25) is 0 Å². The van der Waals surface area contributed by atoms with Crippen molar-refractivity contribution in [3.63, 3.8) is 0 Å². The minimum atomic E-state index is -0.980. The van der Waals surface area contributed by atoms with Crippen LogP contribution < -0.4 is 10.6 Å². The predicted octanol–water partition coefficient (Wildman–Crippen LogP) is 2.89.